The van der Waals surface area contributed by atoms with Crippen LogP contribution in [-0.4, -0.2) is 92.6 Å². The Kier molecular flexibility index (Phi) is 12.4. The summed E-state index contributed by atoms with van der Waals surface area (Å²) in [6, 6.07) is 12.4. The fourth-order valence-electron chi connectivity index (χ4n) is 5.64. The molecule has 0 spiro atoms. The number of nitrogens with one attached hydrogen (secondary N) is 1. The van der Waals surface area contributed by atoms with Crippen LogP contribution in [0.5, 0.6) is 5.75 Å². The summed E-state index contributed by atoms with van der Waals surface area (Å²) < 4.78 is 57.7. The van der Waals surface area contributed by atoms with Crippen molar-refractivity contribution < 1.29 is 42.0 Å². The average Bonchev–Trinajstić information content (AvgIpc) is 3.61. The molecule has 0 radical (unpaired) electrons. The lowest BCUT2D eigenvalue weighted by molar-refractivity contribution is -0.0907. The second kappa shape index (κ2) is 15.7. The fourth-order valence-corrected chi connectivity index (χ4v) is 7.26. The first-order valence-electron chi connectivity index (χ1n) is 16.6. The van der Waals surface area contributed by atoms with Crippen LogP contribution in [-0.2, 0) is 35.4 Å². The van der Waals surface area contributed by atoms with Gasteiger partial charge in [0.25, 0.3) is 0 Å². The van der Waals surface area contributed by atoms with Gasteiger partial charge >= 0.3 is 6.09 Å². The fraction of sp³-hybridized carbons (Fsp3) is 0.629. The summed E-state index contributed by atoms with van der Waals surface area (Å²) in [7, 11) is -3.99. The standard InChI is InChI=1S/C35H53N3O9S/c1-23(2)19-38(48(41,42)27-14-10-25(36)11-15-27)20-30(39)29(37-33(40)46-31-21-44-32-28(31)16-17-43-32)18-24-8-12-26(13-9-24)47-35(6,7)22-45-34(3,4)5/h8-15,23,28-32,39H,16-22,36H2,1-7H3,(H,37,40)/t28-,29-,30+,31-,32+/m0/s1. The SMILES string of the molecule is CC(C)CN(C[C@@H](O)[C@H](Cc1ccc(OC(C)(C)COC(C)(C)C)cc1)NC(=O)O[C@H]1CO[C@H]2OCC[C@H]21)S(=O)(=O)c1ccc(N)cc1. The van der Waals surface area contributed by atoms with Crippen molar-refractivity contribution in [2.45, 2.75) is 102 Å². The summed E-state index contributed by atoms with van der Waals surface area (Å²) in [4.78, 5) is 13.3. The minimum atomic E-state index is -3.99. The average molecular weight is 692 g/mol. The van der Waals surface area contributed by atoms with Crippen molar-refractivity contribution in [1.29, 1.82) is 0 Å². The van der Waals surface area contributed by atoms with E-state index in [-0.39, 0.29) is 48.4 Å². The topological polar surface area (TPSA) is 159 Å². The lowest BCUT2D eigenvalue weighted by atomic mass is 10.0. The molecule has 48 heavy (non-hydrogen) atoms. The number of benzene rings is 2. The molecule has 2 heterocycles. The van der Waals surface area contributed by atoms with Gasteiger partial charge in [-0.2, -0.15) is 4.31 Å². The number of aliphatic hydroxyl groups excluding tert-OH is 1. The van der Waals surface area contributed by atoms with Gasteiger partial charge in [0.05, 0.1) is 48.4 Å². The maximum atomic E-state index is 13.7. The molecule has 2 fully saturated rings. The Hall–Kier alpha value is -2.94. The summed E-state index contributed by atoms with van der Waals surface area (Å²) in [5, 5.41) is 14.4. The van der Waals surface area contributed by atoms with Crippen LogP contribution >= 0.6 is 0 Å². The molecule has 2 aliphatic heterocycles. The van der Waals surface area contributed by atoms with Gasteiger partial charge in [0.15, 0.2) is 6.29 Å². The van der Waals surface area contributed by atoms with E-state index < -0.39 is 46.3 Å². The van der Waals surface area contributed by atoms with Gasteiger partial charge in [-0.1, -0.05) is 26.0 Å². The van der Waals surface area contributed by atoms with Crippen LogP contribution < -0.4 is 15.8 Å². The van der Waals surface area contributed by atoms with Crippen LogP contribution in [0.1, 0.15) is 60.5 Å². The third kappa shape index (κ3) is 10.8. The zero-order valence-corrected chi connectivity index (χ0v) is 30.0. The molecule has 5 atom stereocenters. The molecule has 2 saturated heterocycles. The van der Waals surface area contributed by atoms with Crippen LogP contribution in [0.2, 0.25) is 0 Å². The number of sulfonamides is 1. The molecule has 0 saturated carbocycles. The van der Waals surface area contributed by atoms with E-state index in [0.29, 0.717) is 24.7 Å². The van der Waals surface area contributed by atoms with Crippen molar-refractivity contribution in [2.75, 3.05) is 38.6 Å². The van der Waals surface area contributed by atoms with E-state index >= 15 is 0 Å². The molecule has 268 valence electrons. The number of alkyl carbamates (subject to hydrolysis) is 1. The number of fused-ring (bicyclic) bond motifs is 1. The summed E-state index contributed by atoms with van der Waals surface area (Å²) in [5.41, 5.74) is 6.14. The predicted molar refractivity (Wildman–Crippen MR) is 182 cm³/mol. The van der Waals surface area contributed by atoms with E-state index in [1.165, 1.54) is 28.6 Å². The van der Waals surface area contributed by atoms with Crippen LogP contribution in [0.3, 0.4) is 0 Å². The van der Waals surface area contributed by atoms with Crippen LogP contribution in [0.4, 0.5) is 10.5 Å². The van der Waals surface area contributed by atoms with Gasteiger partial charge in [0.2, 0.25) is 10.0 Å². The molecule has 2 aliphatic rings. The molecule has 0 aliphatic carbocycles. The van der Waals surface area contributed by atoms with Gasteiger partial charge in [0.1, 0.15) is 17.5 Å². The number of carbonyl (C=O) groups is 1. The minimum absolute atomic E-state index is 0.0355. The maximum Gasteiger partial charge on any atom is 0.407 e. The summed E-state index contributed by atoms with van der Waals surface area (Å²) >= 11 is 0. The molecule has 4 N–H and O–H groups in total. The van der Waals surface area contributed by atoms with Crippen molar-refractivity contribution in [3.05, 3.63) is 54.1 Å². The Labute approximate surface area is 285 Å². The van der Waals surface area contributed by atoms with E-state index in [1.54, 1.807) is 0 Å². The highest BCUT2D eigenvalue weighted by molar-refractivity contribution is 7.89. The van der Waals surface area contributed by atoms with Gasteiger partial charge in [-0.05, 0) is 95.3 Å². The van der Waals surface area contributed by atoms with E-state index in [9.17, 15) is 18.3 Å². The Balaban J connectivity index is 1.51. The second-order valence-corrected chi connectivity index (χ2v) is 16.6. The normalized spacial score (nSPS) is 21.2. The monoisotopic (exact) mass is 691 g/mol. The number of nitrogens with two attached hydrogens (primary N) is 1. The predicted octanol–water partition coefficient (Wildman–Crippen LogP) is 4.35. The van der Waals surface area contributed by atoms with Gasteiger partial charge in [-0.15, -0.1) is 0 Å². The number of hydrogen-bond donors (Lipinski definition) is 3. The molecule has 0 aromatic heterocycles. The zero-order chi connectivity index (χ0) is 35.3. The van der Waals surface area contributed by atoms with Crippen LogP contribution in [0.25, 0.3) is 0 Å². The maximum absolute atomic E-state index is 13.7. The number of hydrogen-bond acceptors (Lipinski definition) is 10. The van der Waals surface area contributed by atoms with Gasteiger partial charge in [-0.3, -0.25) is 0 Å². The van der Waals surface area contributed by atoms with Crippen molar-refractivity contribution in [2.24, 2.45) is 11.8 Å². The smallest absolute Gasteiger partial charge is 0.407 e. The minimum Gasteiger partial charge on any atom is -0.485 e. The second-order valence-electron chi connectivity index (χ2n) is 14.7. The van der Waals surface area contributed by atoms with E-state index in [0.717, 1.165) is 12.0 Å². The van der Waals surface area contributed by atoms with Crippen LogP contribution in [0, 0.1) is 11.8 Å². The first-order chi connectivity index (χ1) is 22.4. The molecular weight excluding hydrogens is 638 g/mol. The Morgan fingerprint density at radius 1 is 1.04 bits per heavy atom. The molecule has 12 nitrogen and oxygen atoms in total. The van der Waals surface area contributed by atoms with E-state index in [4.69, 9.17) is 29.4 Å². The zero-order valence-electron chi connectivity index (χ0n) is 29.2. The number of anilines is 1. The third-order valence-corrected chi connectivity index (χ3v) is 9.96. The molecule has 1 amide bonds. The summed E-state index contributed by atoms with van der Waals surface area (Å²) in [5.74, 6) is 0.543. The van der Waals surface area contributed by atoms with Crippen molar-refractivity contribution in [1.82, 2.24) is 9.62 Å². The number of nitrogen functional groups attached to an aromatic ring is 1. The Morgan fingerprint density at radius 2 is 1.71 bits per heavy atom. The summed E-state index contributed by atoms with van der Waals surface area (Å²) in [6.07, 6.45) is -1.97. The quantitative estimate of drug-likeness (QED) is 0.229. The Bertz CT molecular complexity index is 1440. The lowest BCUT2D eigenvalue weighted by Crippen LogP contribution is -2.51. The lowest BCUT2D eigenvalue weighted by Gasteiger charge is -2.31. The van der Waals surface area contributed by atoms with Crippen molar-refractivity contribution in [3.8, 4) is 5.75 Å². The highest BCUT2D eigenvalue weighted by Crippen LogP contribution is 2.33. The molecule has 4 rings (SSSR count). The number of ether oxygens (including phenoxy) is 5. The molecular formula is C35H53N3O9S. The first-order valence-corrected chi connectivity index (χ1v) is 18.0. The molecule has 0 unspecified atom stereocenters. The van der Waals surface area contributed by atoms with Gasteiger partial charge in [0, 0.05) is 18.8 Å². The largest absolute Gasteiger partial charge is 0.485 e. The van der Waals surface area contributed by atoms with Crippen molar-refractivity contribution >= 4 is 21.8 Å². The third-order valence-electron chi connectivity index (χ3n) is 8.11. The van der Waals surface area contributed by atoms with Crippen LogP contribution in [0.15, 0.2) is 53.4 Å². The number of carbonyl (C=O) groups excluding carboxylic acids is 1. The summed E-state index contributed by atoms with van der Waals surface area (Å²) in [6.45, 7) is 14.7. The number of amides is 1. The van der Waals surface area contributed by atoms with Gasteiger partial charge in [-0.25, -0.2) is 13.2 Å². The molecule has 13 heteroatoms. The highest BCUT2D eigenvalue weighted by Gasteiger charge is 2.44. The van der Waals surface area contributed by atoms with Crippen molar-refractivity contribution in [3.63, 3.8) is 0 Å². The van der Waals surface area contributed by atoms with E-state index in [1.807, 2.05) is 72.7 Å². The molecule has 0 bridgehead atoms. The first kappa shape index (κ1) is 37.9. The molecule has 2 aromatic carbocycles. The van der Waals surface area contributed by atoms with Gasteiger partial charge < -0.3 is 39.8 Å². The number of nitrogens with zero attached hydrogens (tertiary/aromatic N) is 1. The molecule has 2 aromatic rings. The number of aliphatic hydroxyl groups is 1. The number of rotatable bonds is 15. The highest BCUT2D eigenvalue weighted by atomic mass is 32.2. The Morgan fingerprint density at radius 3 is 2.33 bits per heavy atom. The van der Waals surface area contributed by atoms with E-state index in [2.05, 4.69) is 5.32 Å².